The fourth-order valence-corrected chi connectivity index (χ4v) is 3.64. The highest BCUT2D eigenvalue weighted by atomic mass is 16.6. The largest absolute Gasteiger partial charge is 0.374 e. The summed E-state index contributed by atoms with van der Waals surface area (Å²) in [6, 6.07) is 20.3. The average molecular weight is 402 g/mol. The Morgan fingerprint density at radius 1 is 0.900 bits per heavy atom. The van der Waals surface area contributed by atoms with E-state index in [2.05, 4.69) is 5.32 Å². The van der Waals surface area contributed by atoms with Crippen LogP contribution in [0.25, 0.3) is 0 Å². The molecule has 0 saturated heterocycles. The Morgan fingerprint density at radius 3 is 2.30 bits per heavy atom. The molecule has 0 saturated carbocycles. The smallest absolute Gasteiger partial charge is 0.270 e. The number of hydrogen-bond donors (Lipinski definition) is 1. The Hall–Kier alpha value is -4.07. The van der Waals surface area contributed by atoms with Crippen molar-refractivity contribution in [1.29, 1.82) is 0 Å². The molecule has 8 nitrogen and oxygen atoms in total. The SMILES string of the molecule is CC1(c2cccc([N+](=O)[O-])c2)CC(c2cccc([N+](=O)[O-])c2)=Nc2ccccc2N1. The minimum Gasteiger partial charge on any atom is -0.374 e. The molecular formula is C22H18N4O4. The van der Waals surface area contributed by atoms with E-state index in [1.165, 1.54) is 18.2 Å². The number of aliphatic imine (C=N–C) groups is 1. The summed E-state index contributed by atoms with van der Waals surface area (Å²) in [6.07, 6.45) is 0.379. The summed E-state index contributed by atoms with van der Waals surface area (Å²) in [5.74, 6) is 0. The van der Waals surface area contributed by atoms with Gasteiger partial charge in [-0.1, -0.05) is 36.4 Å². The standard InChI is InChI=1S/C22H18N4O4/c1-22(16-7-5-9-18(13-16)26(29)30)14-21(15-6-4-8-17(12-15)25(27)28)23-19-10-2-3-11-20(19)24-22/h2-13,24H,14H2,1H3. The normalized spacial score (nSPS) is 17.8. The number of rotatable bonds is 4. The lowest BCUT2D eigenvalue weighted by Crippen LogP contribution is -2.34. The molecule has 8 heteroatoms. The second kappa shape index (κ2) is 7.40. The van der Waals surface area contributed by atoms with E-state index < -0.39 is 15.4 Å². The lowest BCUT2D eigenvalue weighted by molar-refractivity contribution is -0.385. The molecule has 0 amide bonds. The maximum absolute atomic E-state index is 11.3. The predicted octanol–water partition coefficient (Wildman–Crippen LogP) is 5.35. The zero-order valence-corrected chi connectivity index (χ0v) is 16.1. The molecule has 1 atom stereocenters. The first kappa shape index (κ1) is 19.3. The van der Waals surface area contributed by atoms with Gasteiger partial charge in [0.05, 0.1) is 32.5 Å². The van der Waals surface area contributed by atoms with Gasteiger partial charge < -0.3 is 5.32 Å². The fraction of sp³-hybridized carbons (Fsp3) is 0.136. The zero-order chi connectivity index (χ0) is 21.3. The van der Waals surface area contributed by atoms with Crippen LogP contribution < -0.4 is 5.32 Å². The van der Waals surface area contributed by atoms with Crippen LogP contribution in [0, 0.1) is 20.2 Å². The summed E-state index contributed by atoms with van der Waals surface area (Å²) >= 11 is 0. The van der Waals surface area contributed by atoms with Crippen LogP contribution >= 0.6 is 0 Å². The molecule has 0 bridgehead atoms. The number of nitrogens with zero attached hydrogens (tertiary/aromatic N) is 3. The van der Waals surface area contributed by atoms with Gasteiger partial charge in [0.2, 0.25) is 0 Å². The minimum atomic E-state index is -0.720. The quantitative estimate of drug-likeness (QED) is 0.467. The van der Waals surface area contributed by atoms with Crippen LogP contribution in [0.2, 0.25) is 0 Å². The number of anilines is 1. The summed E-state index contributed by atoms with van der Waals surface area (Å²) in [5.41, 5.74) is 2.78. The molecule has 150 valence electrons. The Balaban J connectivity index is 1.86. The lowest BCUT2D eigenvalue weighted by atomic mass is 9.84. The topological polar surface area (TPSA) is 111 Å². The van der Waals surface area contributed by atoms with Crippen LogP contribution in [-0.4, -0.2) is 15.6 Å². The second-order valence-electron chi connectivity index (χ2n) is 7.32. The molecule has 1 N–H and O–H groups in total. The van der Waals surface area contributed by atoms with E-state index in [0.29, 0.717) is 23.4 Å². The van der Waals surface area contributed by atoms with E-state index in [1.54, 1.807) is 24.3 Å². The highest BCUT2D eigenvalue weighted by molar-refractivity contribution is 6.05. The predicted molar refractivity (Wildman–Crippen MR) is 114 cm³/mol. The zero-order valence-electron chi connectivity index (χ0n) is 16.1. The summed E-state index contributed by atoms with van der Waals surface area (Å²) in [6.45, 7) is 1.95. The van der Waals surface area contributed by atoms with Crippen LogP contribution in [0.15, 0.2) is 77.8 Å². The van der Waals surface area contributed by atoms with Gasteiger partial charge >= 0.3 is 0 Å². The summed E-state index contributed by atoms with van der Waals surface area (Å²) in [5, 5.41) is 26.0. The van der Waals surface area contributed by atoms with Crippen molar-refractivity contribution < 1.29 is 9.85 Å². The maximum Gasteiger partial charge on any atom is 0.270 e. The van der Waals surface area contributed by atoms with Crippen LogP contribution in [0.5, 0.6) is 0 Å². The van der Waals surface area contributed by atoms with Gasteiger partial charge in [0.1, 0.15) is 0 Å². The molecule has 0 radical (unpaired) electrons. The van der Waals surface area contributed by atoms with Crippen molar-refractivity contribution in [1.82, 2.24) is 0 Å². The number of nitro groups is 2. The number of nitrogens with one attached hydrogen (secondary N) is 1. The van der Waals surface area contributed by atoms with Crippen molar-refractivity contribution in [2.75, 3.05) is 5.32 Å². The molecule has 1 heterocycles. The molecule has 0 aliphatic carbocycles. The van der Waals surface area contributed by atoms with Crippen LogP contribution in [0.1, 0.15) is 24.5 Å². The first-order valence-corrected chi connectivity index (χ1v) is 9.30. The van der Waals surface area contributed by atoms with Crippen molar-refractivity contribution in [3.63, 3.8) is 0 Å². The minimum absolute atomic E-state index is 0.00175. The number of nitro benzene ring substituents is 2. The summed E-state index contributed by atoms with van der Waals surface area (Å²) in [4.78, 5) is 26.5. The number of benzene rings is 3. The van der Waals surface area contributed by atoms with Crippen molar-refractivity contribution >= 4 is 28.5 Å². The van der Waals surface area contributed by atoms with Gasteiger partial charge in [0.25, 0.3) is 11.4 Å². The highest BCUT2D eigenvalue weighted by Gasteiger charge is 2.33. The van der Waals surface area contributed by atoms with E-state index in [1.807, 2.05) is 37.3 Å². The molecule has 3 aromatic rings. The molecule has 30 heavy (non-hydrogen) atoms. The van der Waals surface area contributed by atoms with Gasteiger partial charge in [-0.15, -0.1) is 0 Å². The first-order chi connectivity index (χ1) is 14.4. The molecule has 1 aliphatic heterocycles. The summed E-state index contributed by atoms with van der Waals surface area (Å²) < 4.78 is 0. The van der Waals surface area contributed by atoms with E-state index in [9.17, 15) is 20.2 Å². The van der Waals surface area contributed by atoms with Gasteiger partial charge in [-0.3, -0.25) is 25.2 Å². The molecule has 0 fully saturated rings. The summed E-state index contributed by atoms with van der Waals surface area (Å²) in [7, 11) is 0. The van der Waals surface area contributed by atoms with Crippen LogP contribution in [0.3, 0.4) is 0 Å². The number of non-ortho nitro benzene ring substituents is 2. The van der Waals surface area contributed by atoms with Crippen molar-refractivity contribution in [3.05, 3.63) is 104 Å². The second-order valence-corrected chi connectivity index (χ2v) is 7.32. The third-order valence-corrected chi connectivity index (χ3v) is 5.18. The van der Waals surface area contributed by atoms with Crippen LogP contribution in [-0.2, 0) is 5.54 Å². The van der Waals surface area contributed by atoms with Gasteiger partial charge in [-0.05, 0) is 24.6 Å². The molecular weight excluding hydrogens is 384 g/mol. The molecule has 0 aromatic heterocycles. The fourth-order valence-electron chi connectivity index (χ4n) is 3.64. The molecule has 4 rings (SSSR count). The monoisotopic (exact) mass is 402 g/mol. The van der Waals surface area contributed by atoms with E-state index in [-0.39, 0.29) is 11.4 Å². The van der Waals surface area contributed by atoms with E-state index >= 15 is 0 Å². The number of hydrogen-bond acceptors (Lipinski definition) is 6. The highest BCUT2D eigenvalue weighted by Crippen LogP contribution is 2.40. The van der Waals surface area contributed by atoms with Crippen molar-refractivity contribution in [2.24, 2.45) is 4.99 Å². The Bertz CT molecular complexity index is 1190. The first-order valence-electron chi connectivity index (χ1n) is 9.30. The Morgan fingerprint density at radius 2 is 1.57 bits per heavy atom. The Labute approximate surface area is 172 Å². The van der Waals surface area contributed by atoms with E-state index in [0.717, 1.165) is 11.3 Å². The van der Waals surface area contributed by atoms with Gasteiger partial charge in [-0.2, -0.15) is 0 Å². The lowest BCUT2D eigenvalue weighted by Gasteiger charge is -2.31. The van der Waals surface area contributed by atoms with Crippen molar-refractivity contribution in [2.45, 2.75) is 18.9 Å². The number of para-hydroxylation sites is 2. The van der Waals surface area contributed by atoms with Crippen LogP contribution in [0.4, 0.5) is 22.7 Å². The number of fused-ring (bicyclic) bond motifs is 1. The molecule has 1 aliphatic rings. The maximum atomic E-state index is 11.3. The Kier molecular flexibility index (Phi) is 4.75. The third-order valence-electron chi connectivity index (χ3n) is 5.18. The van der Waals surface area contributed by atoms with Gasteiger partial charge in [0.15, 0.2) is 0 Å². The van der Waals surface area contributed by atoms with Crippen molar-refractivity contribution in [3.8, 4) is 0 Å². The van der Waals surface area contributed by atoms with Gasteiger partial charge in [0, 0.05) is 36.2 Å². The molecule has 3 aromatic carbocycles. The van der Waals surface area contributed by atoms with Gasteiger partial charge in [-0.25, -0.2) is 0 Å². The third kappa shape index (κ3) is 3.62. The average Bonchev–Trinajstić information content (AvgIpc) is 2.90. The molecule has 1 unspecified atom stereocenters. The molecule has 0 spiro atoms. The van der Waals surface area contributed by atoms with E-state index in [4.69, 9.17) is 4.99 Å².